The van der Waals surface area contributed by atoms with E-state index in [-0.39, 0.29) is 29.9 Å². The highest BCUT2D eigenvalue weighted by Gasteiger charge is 2.63. The molecule has 1 aromatic carbocycles. The summed E-state index contributed by atoms with van der Waals surface area (Å²) in [6.45, 7) is 3.90. The third-order valence-corrected chi connectivity index (χ3v) is 7.78. The molecule has 0 amide bonds. The number of hydrogen-bond donors (Lipinski definition) is 1. The van der Waals surface area contributed by atoms with Crippen molar-refractivity contribution in [3.63, 3.8) is 0 Å². The Balaban J connectivity index is 1.22. The number of nitro benzene ring substituents is 1. The number of hydrogen-bond acceptors (Lipinski definition) is 10. The lowest BCUT2D eigenvalue weighted by atomic mass is 9.60. The highest BCUT2D eigenvalue weighted by molar-refractivity contribution is 5.64. The van der Waals surface area contributed by atoms with Crippen molar-refractivity contribution in [2.24, 2.45) is 17.8 Å². The second-order valence-corrected chi connectivity index (χ2v) is 10.6. The zero-order valence-electron chi connectivity index (χ0n) is 20.3. The van der Waals surface area contributed by atoms with Gasteiger partial charge in [0.1, 0.15) is 12.4 Å². The first-order valence-corrected chi connectivity index (χ1v) is 12.4. The smallest absolute Gasteiger partial charge is 0.429 e. The topological polar surface area (TPSA) is 136 Å². The maximum atomic E-state index is 12.2. The second kappa shape index (κ2) is 9.38. The lowest BCUT2D eigenvalue weighted by Crippen LogP contribution is -2.64. The van der Waals surface area contributed by atoms with Crippen LogP contribution in [-0.4, -0.2) is 40.0 Å². The summed E-state index contributed by atoms with van der Waals surface area (Å²) in [5.41, 5.74) is -0.321. The summed E-state index contributed by atoms with van der Waals surface area (Å²) in [5.74, 6) is -2.28. The van der Waals surface area contributed by atoms with Gasteiger partial charge in [0.15, 0.2) is 0 Å². The zero-order valence-corrected chi connectivity index (χ0v) is 20.3. The Hall–Kier alpha value is -2.57. The second-order valence-electron chi connectivity index (χ2n) is 10.6. The molecule has 3 aliphatic carbocycles. The Morgan fingerprint density at radius 1 is 1.14 bits per heavy atom. The standard InChI is InChI=1S/C25H31NO10/c1-16-11-19-14-23(28,12-16)13-17(2)25(19)35-33-24(34-36-25)10-4-3-5-18(24)15-31-22(27)32-21-8-6-20(7-9-21)26(29)30/h5-9,16-17,19,28H,3-4,10-15H2,1-2H3. The molecular weight excluding hydrogens is 474 g/mol. The minimum Gasteiger partial charge on any atom is -0.429 e. The maximum Gasteiger partial charge on any atom is 0.514 e. The maximum absolute atomic E-state index is 12.2. The van der Waals surface area contributed by atoms with E-state index in [1.165, 1.54) is 24.3 Å². The van der Waals surface area contributed by atoms with Crippen LogP contribution in [0.15, 0.2) is 35.9 Å². The molecule has 3 fully saturated rings. The molecule has 11 nitrogen and oxygen atoms in total. The number of rotatable bonds is 4. The van der Waals surface area contributed by atoms with Crippen molar-refractivity contribution in [1.82, 2.24) is 0 Å². The van der Waals surface area contributed by atoms with E-state index in [2.05, 4.69) is 6.92 Å². The van der Waals surface area contributed by atoms with Gasteiger partial charge in [-0.1, -0.05) is 19.9 Å². The molecule has 0 radical (unpaired) electrons. The predicted molar refractivity (Wildman–Crippen MR) is 122 cm³/mol. The number of non-ortho nitro benzene ring substituents is 1. The number of carbonyl (C=O) groups is 1. The summed E-state index contributed by atoms with van der Waals surface area (Å²) in [6, 6.07) is 5.09. The molecule has 2 bridgehead atoms. The van der Waals surface area contributed by atoms with E-state index >= 15 is 0 Å². The normalized spacial score (nSPS) is 37.9. The quantitative estimate of drug-likeness (QED) is 0.153. The summed E-state index contributed by atoms with van der Waals surface area (Å²) in [4.78, 5) is 46.4. The first-order valence-electron chi connectivity index (χ1n) is 12.4. The van der Waals surface area contributed by atoms with Gasteiger partial charge in [-0.05, 0) is 56.6 Å². The average Bonchev–Trinajstić information content (AvgIpc) is 2.83. The third-order valence-electron chi connectivity index (χ3n) is 7.78. The van der Waals surface area contributed by atoms with Gasteiger partial charge in [0.05, 0.1) is 10.5 Å². The van der Waals surface area contributed by atoms with Crippen LogP contribution >= 0.6 is 0 Å². The van der Waals surface area contributed by atoms with Crippen LogP contribution in [0.25, 0.3) is 0 Å². The molecule has 1 heterocycles. The molecular formula is C25H31NO10. The van der Waals surface area contributed by atoms with Crippen LogP contribution in [0, 0.1) is 27.9 Å². The number of nitrogens with zero attached hydrogens (tertiary/aromatic N) is 1. The van der Waals surface area contributed by atoms with Gasteiger partial charge in [-0.15, -0.1) is 0 Å². The molecule has 36 heavy (non-hydrogen) atoms. The summed E-state index contributed by atoms with van der Waals surface area (Å²) in [6.07, 6.45) is 5.48. The van der Waals surface area contributed by atoms with Crippen molar-refractivity contribution in [2.75, 3.05) is 6.61 Å². The Morgan fingerprint density at radius 3 is 2.56 bits per heavy atom. The Morgan fingerprint density at radius 2 is 1.86 bits per heavy atom. The molecule has 2 spiro atoms. The van der Waals surface area contributed by atoms with Crippen molar-refractivity contribution in [3.05, 3.63) is 46.0 Å². The van der Waals surface area contributed by atoms with Crippen LogP contribution < -0.4 is 4.74 Å². The number of ether oxygens (including phenoxy) is 2. The number of allylic oxidation sites excluding steroid dienone is 1. The zero-order chi connectivity index (χ0) is 25.6. The molecule has 1 aromatic rings. The van der Waals surface area contributed by atoms with Gasteiger partial charge < -0.3 is 14.6 Å². The Kier molecular flexibility index (Phi) is 6.54. The van der Waals surface area contributed by atoms with E-state index in [4.69, 9.17) is 29.0 Å². The number of aliphatic hydroxyl groups is 1. The number of benzene rings is 1. The largest absolute Gasteiger partial charge is 0.514 e. The highest BCUT2D eigenvalue weighted by Crippen LogP contribution is 2.56. The molecule has 1 saturated heterocycles. The van der Waals surface area contributed by atoms with Crippen molar-refractivity contribution >= 4 is 11.8 Å². The predicted octanol–water partition coefficient (Wildman–Crippen LogP) is 4.73. The fourth-order valence-electron chi connectivity index (χ4n) is 6.21. The molecule has 196 valence electrons. The molecule has 5 rings (SSSR count). The van der Waals surface area contributed by atoms with E-state index in [1.807, 2.05) is 13.0 Å². The molecule has 4 aliphatic rings. The van der Waals surface area contributed by atoms with Crippen molar-refractivity contribution in [2.45, 2.75) is 76.0 Å². The summed E-state index contributed by atoms with van der Waals surface area (Å²) < 4.78 is 10.4. The van der Waals surface area contributed by atoms with Crippen LogP contribution in [0.2, 0.25) is 0 Å². The van der Waals surface area contributed by atoms with Gasteiger partial charge in [0.2, 0.25) is 5.79 Å². The van der Waals surface area contributed by atoms with Gasteiger partial charge in [-0.3, -0.25) is 10.1 Å². The van der Waals surface area contributed by atoms with Crippen LogP contribution in [0.4, 0.5) is 10.5 Å². The monoisotopic (exact) mass is 505 g/mol. The van der Waals surface area contributed by atoms with Gasteiger partial charge >= 0.3 is 6.16 Å². The van der Waals surface area contributed by atoms with E-state index in [0.717, 1.165) is 25.7 Å². The number of fused-ring (bicyclic) bond motifs is 3. The first-order chi connectivity index (χ1) is 17.1. The third kappa shape index (κ3) is 4.61. The van der Waals surface area contributed by atoms with Crippen LogP contribution in [0.3, 0.4) is 0 Å². The lowest BCUT2D eigenvalue weighted by Gasteiger charge is -2.57. The fourth-order valence-corrected chi connectivity index (χ4v) is 6.21. The number of nitro groups is 1. The SMILES string of the molecule is CC1CC2CC(O)(C1)CC(C)C21OOC2(CCCC=C2COC(=O)Oc2ccc([N+](=O)[O-])cc2)OO1. The van der Waals surface area contributed by atoms with Gasteiger partial charge in [0, 0.05) is 36.0 Å². The summed E-state index contributed by atoms with van der Waals surface area (Å²) in [7, 11) is 0. The van der Waals surface area contributed by atoms with Gasteiger partial charge in [-0.25, -0.2) is 4.79 Å². The molecule has 1 aliphatic heterocycles. The van der Waals surface area contributed by atoms with Crippen molar-refractivity contribution in [3.8, 4) is 5.75 Å². The van der Waals surface area contributed by atoms with Gasteiger partial charge in [-0.2, -0.15) is 19.6 Å². The lowest BCUT2D eigenvalue weighted by molar-refractivity contribution is -0.669. The van der Waals surface area contributed by atoms with Crippen molar-refractivity contribution < 1.29 is 43.8 Å². The molecule has 11 heteroatoms. The fraction of sp³-hybridized carbons (Fsp3) is 0.640. The summed E-state index contributed by atoms with van der Waals surface area (Å²) in [5, 5.41) is 21.8. The highest BCUT2D eigenvalue weighted by atomic mass is 17.4. The van der Waals surface area contributed by atoms with Crippen LogP contribution in [0.1, 0.15) is 58.8 Å². The molecule has 0 aromatic heterocycles. The van der Waals surface area contributed by atoms with Crippen molar-refractivity contribution in [1.29, 1.82) is 0 Å². The Labute approximate surface area is 208 Å². The molecule has 4 unspecified atom stereocenters. The molecule has 2 saturated carbocycles. The minimum absolute atomic E-state index is 0.0868. The average molecular weight is 506 g/mol. The van der Waals surface area contributed by atoms with E-state index < -0.39 is 28.3 Å². The van der Waals surface area contributed by atoms with E-state index in [9.17, 15) is 20.0 Å². The number of carbonyl (C=O) groups excluding carboxylic acids is 1. The minimum atomic E-state index is -1.36. The van der Waals surface area contributed by atoms with E-state index in [0.29, 0.717) is 30.8 Å². The van der Waals surface area contributed by atoms with Crippen LogP contribution in [0.5, 0.6) is 5.75 Å². The molecule has 1 N–H and O–H groups in total. The Bertz CT molecular complexity index is 1030. The molecule has 4 atom stereocenters. The van der Waals surface area contributed by atoms with Gasteiger partial charge in [0.25, 0.3) is 11.5 Å². The van der Waals surface area contributed by atoms with E-state index in [1.54, 1.807) is 0 Å². The first kappa shape index (κ1) is 25.1. The summed E-state index contributed by atoms with van der Waals surface area (Å²) >= 11 is 0. The van der Waals surface area contributed by atoms with Crippen LogP contribution in [-0.2, 0) is 24.3 Å².